The van der Waals surface area contributed by atoms with Crippen LogP contribution in [0, 0.1) is 0 Å². The number of amides is 2. The molecular formula is C17H29N5O2. The predicted molar refractivity (Wildman–Crippen MR) is 95.3 cm³/mol. The van der Waals surface area contributed by atoms with E-state index < -0.39 is 0 Å². The molecule has 0 radical (unpaired) electrons. The topological polar surface area (TPSA) is 69.7 Å². The van der Waals surface area contributed by atoms with Gasteiger partial charge in [-0.15, -0.1) is 0 Å². The molecule has 1 aliphatic rings. The average Bonchev–Trinajstić information content (AvgIpc) is 2.52. The summed E-state index contributed by atoms with van der Waals surface area (Å²) < 4.78 is 5.71. The number of urea groups is 1. The number of carbonyl (C=O) groups excluding carboxylic acids is 1. The highest BCUT2D eigenvalue weighted by Crippen LogP contribution is 2.10. The highest BCUT2D eigenvalue weighted by atomic mass is 16.5. The fraction of sp³-hybridized carbons (Fsp3) is 0.647. The number of ether oxygens (including phenoxy) is 1. The van der Waals surface area contributed by atoms with E-state index in [1.165, 1.54) is 0 Å². The monoisotopic (exact) mass is 335 g/mol. The van der Waals surface area contributed by atoms with Crippen molar-refractivity contribution in [3.05, 3.63) is 23.9 Å². The van der Waals surface area contributed by atoms with Gasteiger partial charge >= 0.3 is 6.03 Å². The number of hydrogen-bond acceptors (Lipinski definition) is 5. The number of morpholine rings is 1. The summed E-state index contributed by atoms with van der Waals surface area (Å²) in [4.78, 5) is 20.4. The Morgan fingerprint density at radius 3 is 2.71 bits per heavy atom. The van der Waals surface area contributed by atoms with Crippen LogP contribution in [0.15, 0.2) is 18.3 Å². The molecule has 0 aliphatic carbocycles. The van der Waals surface area contributed by atoms with Gasteiger partial charge in [0.05, 0.1) is 12.2 Å². The minimum absolute atomic E-state index is 0.146. The molecule has 0 unspecified atom stereocenters. The van der Waals surface area contributed by atoms with Gasteiger partial charge in [0.25, 0.3) is 0 Å². The molecule has 2 amide bonds. The van der Waals surface area contributed by atoms with Gasteiger partial charge < -0.3 is 20.3 Å². The van der Waals surface area contributed by atoms with Gasteiger partial charge in [-0.1, -0.05) is 0 Å². The van der Waals surface area contributed by atoms with Crippen molar-refractivity contribution in [2.45, 2.75) is 32.6 Å². The molecule has 2 atom stereocenters. The number of rotatable bonds is 6. The van der Waals surface area contributed by atoms with Gasteiger partial charge in [0.1, 0.15) is 5.82 Å². The lowest BCUT2D eigenvalue weighted by Crippen LogP contribution is -2.48. The lowest BCUT2D eigenvalue weighted by Gasteiger charge is -2.35. The van der Waals surface area contributed by atoms with Gasteiger partial charge in [-0.25, -0.2) is 9.78 Å². The molecule has 0 saturated carbocycles. The molecule has 1 aliphatic heterocycles. The summed E-state index contributed by atoms with van der Waals surface area (Å²) >= 11 is 0. The standard InChI is InChI=1S/C17H29N5O2/c1-13-11-22(12-14(2)24-13)8-7-19-17(23)20-10-15-5-6-18-16(9-15)21(3)4/h5-6,9,13-14H,7-8,10-12H2,1-4H3,(H2,19,20,23)/t13-,14-/m1/s1. The Labute approximate surface area is 144 Å². The summed E-state index contributed by atoms with van der Waals surface area (Å²) in [6.45, 7) is 7.95. The quantitative estimate of drug-likeness (QED) is 0.813. The van der Waals surface area contributed by atoms with E-state index in [1.54, 1.807) is 6.20 Å². The van der Waals surface area contributed by atoms with Crippen molar-refractivity contribution in [3.8, 4) is 0 Å². The van der Waals surface area contributed by atoms with E-state index in [4.69, 9.17) is 4.74 Å². The van der Waals surface area contributed by atoms with Crippen molar-refractivity contribution in [2.75, 3.05) is 45.2 Å². The van der Waals surface area contributed by atoms with Crippen LogP contribution in [-0.2, 0) is 11.3 Å². The van der Waals surface area contributed by atoms with Crippen LogP contribution in [0.2, 0.25) is 0 Å². The molecule has 24 heavy (non-hydrogen) atoms. The summed E-state index contributed by atoms with van der Waals surface area (Å²) in [5.41, 5.74) is 1.03. The van der Waals surface area contributed by atoms with Crippen LogP contribution in [0.3, 0.4) is 0 Å². The van der Waals surface area contributed by atoms with Crippen LogP contribution in [0.5, 0.6) is 0 Å². The Hall–Kier alpha value is -1.86. The summed E-state index contributed by atoms with van der Waals surface area (Å²) in [6, 6.07) is 3.73. The summed E-state index contributed by atoms with van der Waals surface area (Å²) in [6.07, 6.45) is 2.26. The third kappa shape index (κ3) is 5.98. The molecule has 0 spiro atoms. The zero-order chi connectivity index (χ0) is 17.5. The van der Waals surface area contributed by atoms with Crippen LogP contribution >= 0.6 is 0 Å². The molecule has 2 N–H and O–H groups in total. The summed E-state index contributed by atoms with van der Waals surface area (Å²) in [7, 11) is 3.89. The lowest BCUT2D eigenvalue weighted by atomic mass is 10.2. The van der Waals surface area contributed by atoms with Gasteiger partial charge in [0, 0.05) is 53.0 Å². The molecule has 2 rings (SSSR count). The second-order valence-corrected chi connectivity index (χ2v) is 6.54. The minimum Gasteiger partial charge on any atom is -0.373 e. The number of pyridine rings is 1. The SMILES string of the molecule is C[C@@H]1CN(CCNC(=O)NCc2ccnc(N(C)C)c2)C[C@@H](C)O1. The zero-order valence-corrected chi connectivity index (χ0v) is 15.1. The van der Waals surface area contributed by atoms with Crippen molar-refractivity contribution in [3.63, 3.8) is 0 Å². The summed E-state index contributed by atoms with van der Waals surface area (Å²) in [5, 5.41) is 5.79. The number of anilines is 1. The van der Waals surface area contributed by atoms with E-state index in [1.807, 2.05) is 31.1 Å². The van der Waals surface area contributed by atoms with Gasteiger partial charge in [-0.2, -0.15) is 0 Å². The van der Waals surface area contributed by atoms with Gasteiger partial charge in [-0.3, -0.25) is 4.90 Å². The van der Waals surface area contributed by atoms with E-state index in [0.29, 0.717) is 13.1 Å². The Morgan fingerprint density at radius 1 is 1.33 bits per heavy atom. The molecular weight excluding hydrogens is 306 g/mol. The Bertz CT molecular complexity index is 527. The van der Waals surface area contributed by atoms with Crippen LogP contribution in [0.4, 0.5) is 10.6 Å². The number of hydrogen-bond donors (Lipinski definition) is 2. The van der Waals surface area contributed by atoms with E-state index in [2.05, 4.69) is 34.4 Å². The highest BCUT2D eigenvalue weighted by Gasteiger charge is 2.21. The van der Waals surface area contributed by atoms with Crippen molar-refractivity contribution >= 4 is 11.8 Å². The third-order valence-corrected chi connectivity index (χ3v) is 3.93. The molecule has 0 bridgehead atoms. The second-order valence-electron chi connectivity index (χ2n) is 6.54. The first-order chi connectivity index (χ1) is 11.4. The second kappa shape index (κ2) is 8.84. The van der Waals surface area contributed by atoms with E-state index >= 15 is 0 Å². The molecule has 0 aromatic carbocycles. The number of aromatic nitrogens is 1. The average molecular weight is 335 g/mol. The van der Waals surface area contributed by atoms with E-state index in [0.717, 1.165) is 31.0 Å². The molecule has 1 saturated heterocycles. The maximum absolute atomic E-state index is 11.9. The van der Waals surface area contributed by atoms with Crippen molar-refractivity contribution in [1.29, 1.82) is 0 Å². The molecule has 7 heteroatoms. The molecule has 1 fully saturated rings. The van der Waals surface area contributed by atoms with Crippen LogP contribution in [0.1, 0.15) is 19.4 Å². The predicted octanol–water partition coefficient (Wildman–Crippen LogP) is 1.06. The molecule has 1 aromatic rings. The largest absolute Gasteiger partial charge is 0.373 e. The van der Waals surface area contributed by atoms with Gasteiger partial charge in [0.15, 0.2) is 0 Å². The normalized spacial score (nSPS) is 21.3. The van der Waals surface area contributed by atoms with Crippen LogP contribution in [-0.4, -0.2) is 68.4 Å². The van der Waals surface area contributed by atoms with Crippen molar-refractivity contribution in [2.24, 2.45) is 0 Å². The molecule has 7 nitrogen and oxygen atoms in total. The minimum atomic E-state index is -0.146. The maximum Gasteiger partial charge on any atom is 0.315 e. The summed E-state index contributed by atoms with van der Waals surface area (Å²) in [5.74, 6) is 0.880. The van der Waals surface area contributed by atoms with E-state index in [-0.39, 0.29) is 18.2 Å². The Morgan fingerprint density at radius 2 is 2.04 bits per heavy atom. The fourth-order valence-corrected chi connectivity index (χ4v) is 2.85. The first-order valence-corrected chi connectivity index (χ1v) is 8.46. The molecule has 134 valence electrons. The van der Waals surface area contributed by atoms with Gasteiger partial charge in [-0.05, 0) is 31.5 Å². The molecule has 1 aromatic heterocycles. The van der Waals surface area contributed by atoms with Crippen molar-refractivity contribution < 1.29 is 9.53 Å². The first-order valence-electron chi connectivity index (χ1n) is 8.46. The first kappa shape index (κ1) is 18.5. The number of nitrogens with one attached hydrogen (secondary N) is 2. The van der Waals surface area contributed by atoms with Crippen LogP contribution < -0.4 is 15.5 Å². The smallest absolute Gasteiger partial charge is 0.315 e. The highest BCUT2D eigenvalue weighted by molar-refractivity contribution is 5.73. The Kier molecular flexibility index (Phi) is 6.81. The zero-order valence-electron chi connectivity index (χ0n) is 15.1. The van der Waals surface area contributed by atoms with E-state index in [9.17, 15) is 4.79 Å². The lowest BCUT2D eigenvalue weighted by molar-refractivity contribution is -0.0672. The number of carbonyl (C=O) groups is 1. The third-order valence-electron chi connectivity index (χ3n) is 3.93. The van der Waals surface area contributed by atoms with Gasteiger partial charge in [0.2, 0.25) is 0 Å². The number of nitrogens with zero attached hydrogens (tertiary/aromatic N) is 3. The van der Waals surface area contributed by atoms with Crippen LogP contribution in [0.25, 0.3) is 0 Å². The van der Waals surface area contributed by atoms with Crippen molar-refractivity contribution in [1.82, 2.24) is 20.5 Å². The fourth-order valence-electron chi connectivity index (χ4n) is 2.85. The Balaban J connectivity index is 1.67. The maximum atomic E-state index is 11.9. The molecule has 2 heterocycles.